The van der Waals surface area contributed by atoms with Crippen molar-refractivity contribution in [2.45, 2.75) is 42.8 Å². The Kier molecular flexibility index (Phi) is 6.31. The van der Waals surface area contributed by atoms with Crippen LogP contribution in [0.4, 0.5) is 13.2 Å². The van der Waals surface area contributed by atoms with Gasteiger partial charge in [-0.1, -0.05) is 12.1 Å². The van der Waals surface area contributed by atoms with Crippen LogP contribution in [-0.2, 0) is 21.0 Å². The fourth-order valence-corrected chi connectivity index (χ4v) is 5.30. The lowest BCUT2D eigenvalue weighted by atomic mass is 9.95. The maximum Gasteiger partial charge on any atom is 0.417 e. The number of carbonyl (C=O) groups excluding carboxylic acids is 1. The third-order valence-electron chi connectivity index (χ3n) is 5.30. The van der Waals surface area contributed by atoms with Crippen molar-refractivity contribution in [1.82, 2.24) is 14.9 Å². The fourth-order valence-electron chi connectivity index (χ4n) is 3.76. The molecular formula is C18H24F3N3O3S. The normalized spacial score (nSPS) is 20.3. The largest absolute Gasteiger partial charge is 0.417 e. The van der Waals surface area contributed by atoms with Gasteiger partial charge in [-0.2, -0.15) is 13.2 Å². The lowest BCUT2D eigenvalue weighted by Crippen LogP contribution is -2.49. The number of sulfonamides is 1. The maximum absolute atomic E-state index is 13.1. The minimum Gasteiger partial charge on any atom is -0.342 e. The van der Waals surface area contributed by atoms with Gasteiger partial charge in [0.1, 0.15) is 0 Å². The van der Waals surface area contributed by atoms with Crippen LogP contribution in [0.2, 0.25) is 0 Å². The summed E-state index contributed by atoms with van der Waals surface area (Å²) in [4.78, 5) is 13.5. The van der Waals surface area contributed by atoms with Crippen LogP contribution in [0.15, 0.2) is 29.2 Å². The molecule has 2 aliphatic rings. The molecule has 1 aromatic carbocycles. The van der Waals surface area contributed by atoms with Gasteiger partial charge in [-0.3, -0.25) is 4.79 Å². The Morgan fingerprint density at radius 1 is 1.07 bits per heavy atom. The summed E-state index contributed by atoms with van der Waals surface area (Å²) in [5.74, 6) is 0.0818. The van der Waals surface area contributed by atoms with Gasteiger partial charge < -0.3 is 10.2 Å². The summed E-state index contributed by atoms with van der Waals surface area (Å²) in [6.45, 7) is 2.42. The Hall–Kier alpha value is -1.65. The first-order valence-electron chi connectivity index (χ1n) is 9.36. The van der Waals surface area contributed by atoms with Crippen molar-refractivity contribution >= 4 is 15.9 Å². The number of halogens is 3. The summed E-state index contributed by atoms with van der Waals surface area (Å²) in [7, 11) is -4.31. The number of carbonyl (C=O) groups is 1. The zero-order chi connectivity index (χ0) is 20.4. The second kappa shape index (κ2) is 8.38. The minimum atomic E-state index is -4.75. The van der Waals surface area contributed by atoms with Crippen LogP contribution in [0.5, 0.6) is 0 Å². The van der Waals surface area contributed by atoms with E-state index >= 15 is 0 Å². The van der Waals surface area contributed by atoms with E-state index in [1.807, 2.05) is 0 Å². The van der Waals surface area contributed by atoms with E-state index in [0.717, 1.165) is 44.1 Å². The van der Waals surface area contributed by atoms with Gasteiger partial charge in [-0.25, -0.2) is 13.1 Å². The number of piperidine rings is 2. The SMILES string of the molecule is O=C(C1CCNCC1)N1CCC(NS(=O)(=O)c2ccccc2C(F)(F)F)CC1. The molecule has 0 unspecified atom stereocenters. The summed E-state index contributed by atoms with van der Waals surface area (Å²) < 4.78 is 66.9. The van der Waals surface area contributed by atoms with Gasteiger partial charge in [-0.05, 0) is 50.9 Å². The summed E-state index contributed by atoms with van der Waals surface area (Å²) in [5, 5.41) is 3.21. The molecule has 28 heavy (non-hydrogen) atoms. The van der Waals surface area contributed by atoms with E-state index in [-0.39, 0.29) is 11.8 Å². The topological polar surface area (TPSA) is 78.5 Å². The van der Waals surface area contributed by atoms with Gasteiger partial charge in [-0.15, -0.1) is 0 Å². The molecule has 2 heterocycles. The van der Waals surface area contributed by atoms with Crippen LogP contribution >= 0.6 is 0 Å². The van der Waals surface area contributed by atoms with E-state index in [1.165, 1.54) is 6.07 Å². The van der Waals surface area contributed by atoms with Crippen LogP contribution in [0, 0.1) is 5.92 Å². The lowest BCUT2D eigenvalue weighted by molar-refractivity contribution is -0.140. The van der Waals surface area contributed by atoms with Crippen molar-refractivity contribution in [3.05, 3.63) is 29.8 Å². The smallest absolute Gasteiger partial charge is 0.342 e. The highest BCUT2D eigenvalue weighted by Crippen LogP contribution is 2.34. The summed E-state index contributed by atoms with van der Waals surface area (Å²) in [6.07, 6.45) is -2.41. The molecule has 2 N–H and O–H groups in total. The molecule has 0 bridgehead atoms. The molecule has 0 spiro atoms. The number of hydrogen-bond acceptors (Lipinski definition) is 4. The first-order valence-corrected chi connectivity index (χ1v) is 10.8. The first-order chi connectivity index (χ1) is 13.2. The van der Waals surface area contributed by atoms with Gasteiger partial charge in [0.25, 0.3) is 0 Å². The highest BCUT2D eigenvalue weighted by molar-refractivity contribution is 7.89. The number of amides is 1. The van der Waals surface area contributed by atoms with Crippen molar-refractivity contribution in [2.75, 3.05) is 26.2 Å². The number of rotatable bonds is 4. The Morgan fingerprint density at radius 3 is 2.29 bits per heavy atom. The molecule has 0 aromatic heterocycles. The second-order valence-corrected chi connectivity index (χ2v) is 8.92. The molecule has 0 saturated carbocycles. The Labute approximate surface area is 162 Å². The highest BCUT2D eigenvalue weighted by atomic mass is 32.2. The minimum absolute atomic E-state index is 0.00634. The summed E-state index contributed by atoms with van der Waals surface area (Å²) in [5.41, 5.74) is -1.18. The molecular weight excluding hydrogens is 395 g/mol. The number of benzene rings is 1. The van der Waals surface area contributed by atoms with Gasteiger partial charge >= 0.3 is 6.18 Å². The predicted octanol–water partition coefficient (Wildman–Crippen LogP) is 1.97. The Morgan fingerprint density at radius 2 is 1.68 bits per heavy atom. The molecule has 1 amide bonds. The molecule has 6 nitrogen and oxygen atoms in total. The fraction of sp³-hybridized carbons (Fsp3) is 0.611. The molecule has 156 valence electrons. The highest BCUT2D eigenvalue weighted by Gasteiger charge is 2.38. The molecule has 0 atom stereocenters. The van der Waals surface area contributed by atoms with Crippen LogP contribution in [0.25, 0.3) is 0 Å². The quantitative estimate of drug-likeness (QED) is 0.782. The molecule has 0 radical (unpaired) electrons. The van der Waals surface area contributed by atoms with Crippen molar-refractivity contribution in [2.24, 2.45) is 5.92 Å². The summed E-state index contributed by atoms with van der Waals surface area (Å²) >= 11 is 0. The number of nitrogens with one attached hydrogen (secondary N) is 2. The zero-order valence-electron chi connectivity index (χ0n) is 15.3. The van der Waals surface area contributed by atoms with E-state index in [4.69, 9.17) is 0 Å². The number of alkyl halides is 3. The molecule has 10 heteroatoms. The van der Waals surface area contributed by atoms with E-state index in [1.54, 1.807) is 4.90 Å². The van der Waals surface area contributed by atoms with Gasteiger partial charge in [0.05, 0.1) is 10.5 Å². The molecule has 1 aromatic rings. The van der Waals surface area contributed by atoms with Crippen molar-refractivity contribution in [3.63, 3.8) is 0 Å². The standard InChI is InChI=1S/C18H24F3N3O3S/c19-18(20,21)15-3-1-2-4-16(15)28(26,27)23-14-7-11-24(12-8-14)17(25)13-5-9-22-10-6-13/h1-4,13-14,22-23H,5-12H2. The number of hydrogen-bond donors (Lipinski definition) is 2. The van der Waals surface area contributed by atoms with Crippen molar-refractivity contribution in [3.8, 4) is 0 Å². The van der Waals surface area contributed by atoms with E-state index < -0.39 is 32.7 Å². The van der Waals surface area contributed by atoms with E-state index in [2.05, 4.69) is 10.0 Å². The first kappa shape index (κ1) is 21.1. The number of likely N-dealkylation sites (tertiary alicyclic amines) is 1. The van der Waals surface area contributed by atoms with Gasteiger partial charge in [0.2, 0.25) is 15.9 Å². The van der Waals surface area contributed by atoms with Crippen molar-refractivity contribution < 1.29 is 26.4 Å². The lowest BCUT2D eigenvalue weighted by Gasteiger charge is -2.35. The average molecular weight is 419 g/mol. The average Bonchev–Trinajstić information content (AvgIpc) is 2.68. The maximum atomic E-state index is 13.1. The van der Waals surface area contributed by atoms with Crippen LogP contribution in [0.3, 0.4) is 0 Å². The molecule has 0 aliphatic carbocycles. The van der Waals surface area contributed by atoms with Gasteiger partial charge in [0.15, 0.2) is 0 Å². The third-order valence-corrected chi connectivity index (χ3v) is 6.88. The van der Waals surface area contributed by atoms with Crippen LogP contribution in [0.1, 0.15) is 31.2 Å². The predicted molar refractivity (Wildman–Crippen MR) is 97.0 cm³/mol. The van der Waals surface area contributed by atoms with E-state index in [0.29, 0.717) is 25.9 Å². The van der Waals surface area contributed by atoms with Crippen molar-refractivity contribution in [1.29, 1.82) is 0 Å². The van der Waals surface area contributed by atoms with Crippen LogP contribution < -0.4 is 10.0 Å². The monoisotopic (exact) mass is 419 g/mol. The molecule has 3 rings (SSSR count). The van der Waals surface area contributed by atoms with Gasteiger partial charge in [0, 0.05) is 25.0 Å². The Bertz CT molecular complexity index is 800. The van der Waals surface area contributed by atoms with Crippen LogP contribution in [-0.4, -0.2) is 51.4 Å². The molecule has 2 aliphatic heterocycles. The molecule has 2 saturated heterocycles. The third kappa shape index (κ3) is 4.84. The Balaban J connectivity index is 1.62. The zero-order valence-corrected chi connectivity index (χ0v) is 16.2. The number of nitrogens with zero attached hydrogens (tertiary/aromatic N) is 1. The second-order valence-electron chi connectivity index (χ2n) is 7.24. The van der Waals surface area contributed by atoms with E-state index in [9.17, 15) is 26.4 Å². The molecule has 2 fully saturated rings. The summed E-state index contributed by atoms with van der Waals surface area (Å²) in [6, 6.07) is 3.65.